The maximum Gasteiger partial charge on any atom is 0.343 e. The molecule has 0 atom stereocenters. The number of halogens is 1. The second kappa shape index (κ2) is 8.68. The van der Waals surface area contributed by atoms with Gasteiger partial charge in [-0.2, -0.15) is 0 Å². The summed E-state index contributed by atoms with van der Waals surface area (Å²) in [5, 5.41) is 9.48. The van der Waals surface area contributed by atoms with E-state index >= 15 is 0 Å². The van der Waals surface area contributed by atoms with Crippen LogP contribution in [0.25, 0.3) is 0 Å². The number of nitrogens with one attached hydrogen (secondary N) is 2. The Kier molecular flexibility index (Phi) is 6.08. The molecular formula is C19H19FN4O2S. The molecule has 1 amide bonds. The van der Waals surface area contributed by atoms with Gasteiger partial charge in [-0.05, 0) is 36.6 Å². The zero-order valence-corrected chi connectivity index (χ0v) is 15.6. The normalized spacial score (nSPS) is 10.7. The predicted octanol–water partition coefficient (Wildman–Crippen LogP) is 2.99. The van der Waals surface area contributed by atoms with E-state index in [0.29, 0.717) is 29.4 Å². The predicted molar refractivity (Wildman–Crippen MR) is 103 cm³/mol. The van der Waals surface area contributed by atoms with Gasteiger partial charge in [0.15, 0.2) is 5.16 Å². The highest BCUT2D eigenvalue weighted by Crippen LogP contribution is 2.17. The molecule has 0 fully saturated rings. The number of hydrogen-bond donors (Lipinski definition) is 2. The minimum Gasteiger partial charge on any atom is -0.325 e. The smallest absolute Gasteiger partial charge is 0.325 e. The van der Waals surface area contributed by atoms with Gasteiger partial charge >= 0.3 is 5.69 Å². The third-order valence-corrected chi connectivity index (χ3v) is 4.95. The van der Waals surface area contributed by atoms with Crippen molar-refractivity contribution >= 4 is 23.4 Å². The van der Waals surface area contributed by atoms with Crippen LogP contribution in [-0.2, 0) is 17.8 Å². The first-order valence-corrected chi connectivity index (χ1v) is 9.39. The van der Waals surface area contributed by atoms with Crippen LogP contribution in [0.5, 0.6) is 0 Å². The Hall–Kier alpha value is -2.87. The highest BCUT2D eigenvalue weighted by molar-refractivity contribution is 7.99. The summed E-state index contributed by atoms with van der Waals surface area (Å²) in [5.74, 6) is -0.610. The second-order valence-electron chi connectivity index (χ2n) is 6.00. The Morgan fingerprint density at radius 2 is 2.04 bits per heavy atom. The maximum atomic E-state index is 13.6. The molecule has 3 aromatic rings. The number of thioether (sulfide) groups is 1. The first kappa shape index (κ1) is 18.9. The average molecular weight is 386 g/mol. The van der Waals surface area contributed by atoms with Crippen molar-refractivity contribution in [2.75, 3.05) is 11.1 Å². The van der Waals surface area contributed by atoms with E-state index in [4.69, 9.17) is 0 Å². The van der Waals surface area contributed by atoms with E-state index in [1.807, 2.05) is 30.3 Å². The van der Waals surface area contributed by atoms with E-state index in [9.17, 15) is 14.0 Å². The number of aromatic nitrogens is 3. The molecule has 1 aromatic heterocycles. The molecule has 6 nitrogen and oxygen atoms in total. The van der Waals surface area contributed by atoms with Crippen molar-refractivity contribution in [3.63, 3.8) is 0 Å². The largest absolute Gasteiger partial charge is 0.343 e. The summed E-state index contributed by atoms with van der Waals surface area (Å²) in [6.07, 6.45) is 0.683. The summed E-state index contributed by atoms with van der Waals surface area (Å²) >= 11 is 1.15. The van der Waals surface area contributed by atoms with E-state index in [1.54, 1.807) is 19.1 Å². The number of carbonyl (C=O) groups is 1. The van der Waals surface area contributed by atoms with Crippen LogP contribution in [0.3, 0.4) is 0 Å². The van der Waals surface area contributed by atoms with Crippen molar-refractivity contribution < 1.29 is 9.18 Å². The summed E-state index contributed by atoms with van der Waals surface area (Å²) in [4.78, 5) is 24.1. The quantitative estimate of drug-likeness (QED) is 0.612. The molecule has 1 heterocycles. The van der Waals surface area contributed by atoms with Crippen molar-refractivity contribution in [3.8, 4) is 0 Å². The Labute approximate surface area is 159 Å². The lowest BCUT2D eigenvalue weighted by Gasteiger charge is -2.07. The fourth-order valence-corrected chi connectivity index (χ4v) is 3.27. The first-order chi connectivity index (χ1) is 13.0. The van der Waals surface area contributed by atoms with Crippen LogP contribution in [-0.4, -0.2) is 26.4 Å². The van der Waals surface area contributed by atoms with Crippen LogP contribution in [0.2, 0.25) is 0 Å². The fraction of sp³-hybridized carbons (Fsp3) is 0.211. The van der Waals surface area contributed by atoms with Crippen LogP contribution in [0.15, 0.2) is 58.5 Å². The van der Waals surface area contributed by atoms with Crippen molar-refractivity contribution in [3.05, 3.63) is 76.0 Å². The SMILES string of the molecule is Cc1ccc(NC(=O)CSc2n[nH]c(=O)n2CCc2ccccc2)cc1F. The number of hydrogen-bond acceptors (Lipinski definition) is 4. The molecule has 2 N–H and O–H groups in total. The van der Waals surface area contributed by atoms with Gasteiger partial charge in [-0.3, -0.25) is 9.36 Å². The van der Waals surface area contributed by atoms with E-state index in [0.717, 1.165) is 17.3 Å². The molecule has 0 radical (unpaired) electrons. The van der Waals surface area contributed by atoms with E-state index in [-0.39, 0.29) is 23.2 Å². The van der Waals surface area contributed by atoms with E-state index < -0.39 is 0 Å². The summed E-state index contributed by atoms with van der Waals surface area (Å²) in [7, 11) is 0. The number of amides is 1. The summed E-state index contributed by atoms with van der Waals surface area (Å²) in [6.45, 7) is 2.12. The minimum absolute atomic E-state index is 0.0606. The standard InChI is InChI=1S/C19H19FN4O2S/c1-13-7-8-15(11-16(13)20)21-17(25)12-27-19-23-22-18(26)24(19)10-9-14-5-3-2-4-6-14/h2-8,11H,9-10,12H2,1H3,(H,21,25)(H,22,26). The third-order valence-electron chi connectivity index (χ3n) is 3.98. The Balaban J connectivity index is 1.58. The summed E-state index contributed by atoms with van der Waals surface area (Å²) in [5.41, 5.74) is 1.71. The fourth-order valence-electron chi connectivity index (χ4n) is 2.49. The molecule has 8 heteroatoms. The molecule has 0 unspecified atom stereocenters. The molecule has 0 aliphatic rings. The molecule has 0 saturated carbocycles. The van der Waals surface area contributed by atoms with Gasteiger partial charge in [0.2, 0.25) is 5.91 Å². The molecule has 0 saturated heterocycles. The van der Waals surface area contributed by atoms with Crippen molar-refractivity contribution in [1.29, 1.82) is 0 Å². The Morgan fingerprint density at radius 1 is 1.26 bits per heavy atom. The minimum atomic E-state index is -0.373. The van der Waals surface area contributed by atoms with Crippen LogP contribution in [0, 0.1) is 12.7 Å². The summed E-state index contributed by atoms with van der Waals surface area (Å²) < 4.78 is 15.1. The molecule has 2 aromatic carbocycles. The van der Waals surface area contributed by atoms with Gasteiger partial charge in [0.05, 0.1) is 5.75 Å². The number of nitrogens with zero attached hydrogens (tertiary/aromatic N) is 2. The number of H-pyrrole nitrogens is 1. The van der Waals surface area contributed by atoms with Gasteiger partial charge in [-0.1, -0.05) is 48.2 Å². The van der Waals surface area contributed by atoms with Crippen LogP contribution in [0.4, 0.5) is 10.1 Å². The van der Waals surface area contributed by atoms with Crippen LogP contribution >= 0.6 is 11.8 Å². The number of rotatable bonds is 7. The van der Waals surface area contributed by atoms with Gasteiger partial charge in [0, 0.05) is 12.2 Å². The number of aromatic amines is 1. The van der Waals surface area contributed by atoms with Gasteiger partial charge in [0.25, 0.3) is 0 Å². The molecule has 0 aliphatic heterocycles. The second-order valence-corrected chi connectivity index (χ2v) is 6.94. The topological polar surface area (TPSA) is 79.8 Å². The zero-order valence-electron chi connectivity index (χ0n) is 14.7. The van der Waals surface area contributed by atoms with Crippen LogP contribution < -0.4 is 11.0 Å². The Bertz CT molecular complexity index is 985. The van der Waals surface area contributed by atoms with Gasteiger partial charge < -0.3 is 5.32 Å². The van der Waals surface area contributed by atoms with Gasteiger partial charge in [0.1, 0.15) is 5.82 Å². The number of carbonyl (C=O) groups excluding carboxylic acids is 1. The lowest BCUT2D eigenvalue weighted by molar-refractivity contribution is -0.113. The maximum absolute atomic E-state index is 13.6. The molecule has 140 valence electrons. The molecule has 27 heavy (non-hydrogen) atoms. The monoisotopic (exact) mass is 386 g/mol. The zero-order chi connectivity index (χ0) is 19.2. The van der Waals surface area contributed by atoms with Crippen molar-refractivity contribution in [1.82, 2.24) is 14.8 Å². The number of anilines is 1. The van der Waals surface area contributed by atoms with E-state index in [2.05, 4.69) is 15.5 Å². The van der Waals surface area contributed by atoms with Crippen LogP contribution in [0.1, 0.15) is 11.1 Å². The lowest BCUT2D eigenvalue weighted by Crippen LogP contribution is -2.20. The number of benzene rings is 2. The molecule has 0 bridgehead atoms. The van der Waals surface area contributed by atoms with Gasteiger partial charge in [-0.25, -0.2) is 14.3 Å². The molecular weight excluding hydrogens is 367 g/mol. The van der Waals surface area contributed by atoms with Crippen molar-refractivity contribution in [2.24, 2.45) is 0 Å². The van der Waals surface area contributed by atoms with Crippen molar-refractivity contribution in [2.45, 2.75) is 25.0 Å². The molecule has 3 rings (SSSR count). The number of aryl methyl sites for hydroxylation is 2. The summed E-state index contributed by atoms with van der Waals surface area (Å²) in [6, 6.07) is 14.3. The molecule has 0 spiro atoms. The first-order valence-electron chi connectivity index (χ1n) is 8.41. The third kappa shape index (κ3) is 5.07. The Morgan fingerprint density at radius 3 is 2.78 bits per heavy atom. The molecule has 0 aliphatic carbocycles. The highest BCUT2D eigenvalue weighted by atomic mass is 32.2. The van der Waals surface area contributed by atoms with E-state index in [1.165, 1.54) is 10.6 Å². The highest BCUT2D eigenvalue weighted by Gasteiger charge is 2.12. The van der Waals surface area contributed by atoms with Gasteiger partial charge in [-0.15, -0.1) is 5.10 Å². The average Bonchev–Trinajstić information content (AvgIpc) is 3.02. The lowest BCUT2D eigenvalue weighted by atomic mass is 10.1.